The number of anilines is 1. The maximum atomic E-state index is 11.9. The number of ether oxygens (including phenoxy) is 1. The first-order chi connectivity index (χ1) is 10.7. The van der Waals surface area contributed by atoms with Crippen LogP contribution in [0.25, 0.3) is 11.3 Å². The topological polar surface area (TPSA) is 102 Å². The van der Waals surface area contributed by atoms with Crippen LogP contribution in [0.2, 0.25) is 5.02 Å². The van der Waals surface area contributed by atoms with E-state index in [4.69, 9.17) is 26.0 Å². The van der Waals surface area contributed by atoms with Gasteiger partial charge in [0.05, 0.1) is 5.69 Å². The quantitative estimate of drug-likeness (QED) is 0.875. The number of carbonyl (C=O) groups excluding carboxylic acids is 1. The third kappa shape index (κ3) is 4.46. The number of nitrogens with one attached hydrogen (secondary N) is 1. The average molecular weight is 339 g/mol. The van der Waals surface area contributed by atoms with Crippen LogP contribution in [0.15, 0.2) is 28.8 Å². The fraction of sp³-hybridized carbons (Fsp3) is 0.267. The fourth-order valence-corrected chi connectivity index (χ4v) is 1.92. The maximum Gasteiger partial charge on any atom is 0.412 e. The number of carbonyl (C=O) groups is 2. The summed E-state index contributed by atoms with van der Waals surface area (Å²) in [5.41, 5.74) is -0.150. The van der Waals surface area contributed by atoms with Gasteiger partial charge in [0.2, 0.25) is 0 Å². The zero-order valence-corrected chi connectivity index (χ0v) is 13.5. The molecule has 0 aliphatic heterocycles. The third-order valence-electron chi connectivity index (χ3n) is 2.61. The summed E-state index contributed by atoms with van der Waals surface area (Å²) in [4.78, 5) is 22.8. The smallest absolute Gasteiger partial charge is 0.412 e. The number of amides is 1. The van der Waals surface area contributed by atoms with Crippen LogP contribution < -0.4 is 5.32 Å². The van der Waals surface area contributed by atoms with E-state index < -0.39 is 17.7 Å². The standard InChI is InChI=1S/C15H15ClN2O5/c1-15(2,3)22-14(21)17-10-5-4-8(16)6-9(10)12-7-11(13(19)20)18-23-12/h4-7H,1-3H3,(H,17,21)(H,19,20). The van der Waals surface area contributed by atoms with Gasteiger partial charge in [-0.15, -0.1) is 0 Å². The number of hydrogen-bond acceptors (Lipinski definition) is 5. The van der Waals surface area contributed by atoms with E-state index in [1.165, 1.54) is 12.1 Å². The lowest BCUT2D eigenvalue weighted by Crippen LogP contribution is -2.27. The van der Waals surface area contributed by atoms with Crippen molar-refractivity contribution in [3.8, 4) is 11.3 Å². The molecule has 0 atom stereocenters. The first kappa shape index (κ1) is 16.8. The van der Waals surface area contributed by atoms with Crippen LogP contribution in [0.4, 0.5) is 10.5 Å². The Balaban J connectivity index is 2.33. The fourth-order valence-electron chi connectivity index (χ4n) is 1.75. The minimum atomic E-state index is -1.22. The number of carboxylic acid groups (broad SMARTS) is 1. The Hall–Kier alpha value is -2.54. The molecule has 0 fully saturated rings. The van der Waals surface area contributed by atoms with Crippen LogP contribution >= 0.6 is 11.6 Å². The van der Waals surface area contributed by atoms with Gasteiger partial charge in [-0.05, 0) is 39.0 Å². The van der Waals surface area contributed by atoms with E-state index in [0.29, 0.717) is 16.3 Å². The molecular weight excluding hydrogens is 324 g/mol. The third-order valence-corrected chi connectivity index (χ3v) is 2.85. The molecule has 0 saturated carbocycles. The molecule has 2 aromatic rings. The van der Waals surface area contributed by atoms with E-state index in [0.717, 1.165) is 0 Å². The Kier molecular flexibility index (Phi) is 4.60. The second-order valence-electron chi connectivity index (χ2n) is 5.70. The minimum absolute atomic E-state index is 0.163. The summed E-state index contributed by atoms with van der Waals surface area (Å²) in [6.45, 7) is 5.22. The molecule has 1 aromatic carbocycles. The molecule has 0 bridgehead atoms. The van der Waals surface area contributed by atoms with Crippen LogP contribution in [0.1, 0.15) is 31.3 Å². The van der Waals surface area contributed by atoms with Crippen LogP contribution in [-0.2, 0) is 4.74 Å². The average Bonchev–Trinajstić information content (AvgIpc) is 2.88. The second-order valence-corrected chi connectivity index (χ2v) is 6.13. The maximum absolute atomic E-state index is 11.9. The summed E-state index contributed by atoms with van der Waals surface area (Å²) in [5.74, 6) is -1.06. The summed E-state index contributed by atoms with van der Waals surface area (Å²) in [6.07, 6.45) is -0.654. The molecule has 0 aliphatic carbocycles. The number of hydrogen-bond donors (Lipinski definition) is 2. The van der Waals surface area contributed by atoms with E-state index in [-0.39, 0.29) is 11.5 Å². The van der Waals surface area contributed by atoms with Gasteiger partial charge in [0, 0.05) is 16.7 Å². The molecule has 7 nitrogen and oxygen atoms in total. The number of benzene rings is 1. The summed E-state index contributed by atoms with van der Waals surface area (Å²) in [7, 11) is 0. The van der Waals surface area contributed by atoms with Crippen molar-refractivity contribution < 1.29 is 24.0 Å². The first-order valence-electron chi connectivity index (χ1n) is 6.65. The van der Waals surface area contributed by atoms with Gasteiger partial charge >= 0.3 is 12.1 Å². The molecule has 2 rings (SSSR count). The number of rotatable bonds is 3. The molecule has 8 heteroatoms. The van der Waals surface area contributed by atoms with Gasteiger partial charge in [0.15, 0.2) is 11.5 Å². The van der Waals surface area contributed by atoms with Crippen molar-refractivity contribution in [3.63, 3.8) is 0 Å². The number of aromatic carboxylic acids is 1. The lowest BCUT2D eigenvalue weighted by molar-refractivity contribution is 0.0633. The Morgan fingerprint density at radius 2 is 2.00 bits per heavy atom. The molecule has 0 spiro atoms. The lowest BCUT2D eigenvalue weighted by atomic mass is 10.1. The van der Waals surface area contributed by atoms with Crippen molar-refractivity contribution in [2.45, 2.75) is 26.4 Å². The normalized spacial score (nSPS) is 11.1. The number of nitrogens with zero attached hydrogens (tertiary/aromatic N) is 1. The highest BCUT2D eigenvalue weighted by atomic mass is 35.5. The van der Waals surface area contributed by atoms with E-state index in [1.807, 2.05) is 0 Å². The van der Waals surface area contributed by atoms with Gasteiger partial charge in [0.1, 0.15) is 5.60 Å². The predicted octanol–water partition coefficient (Wildman–Crippen LogP) is 4.04. The Labute approximate surface area is 137 Å². The molecule has 0 saturated heterocycles. The van der Waals surface area contributed by atoms with Crippen molar-refractivity contribution in [1.82, 2.24) is 5.16 Å². The minimum Gasteiger partial charge on any atom is -0.476 e. The monoisotopic (exact) mass is 338 g/mol. The van der Waals surface area contributed by atoms with Crippen LogP contribution in [0, 0.1) is 0 Å². The van der Waals surface area contributed by atoms with Gasteiger partial charge in [-0.25, -0.2) is 9.59 Å². The van der Waals surface area contributed by atoms with E-state index in [9.17, 15) is 9.59 Å². The van der Waals surface area contributed by atoms with Crippen LogP contribution in [-0.4, -0.2) is 27.9 Å². The summed E-state index contributed by atoms with van der Waals surface area (Å²) in [5, 5.41) is 15.3. The van der Waals surface area contributed by atoms with Gasteiger partial charge in [0.25, 0.3) is 0 Å². The van der Waals surface area contributed by atoms with Crippen molar-refractivity contribution in [2.75, 3.05) is 5.32 Å². The molecule has 1 amide bonds. The zero-order chi connectivity index (χ0) is 17.2. The Morgan fingerprint density at radius 1 is 1.30 bits per heavy atom. The second kappa shape index (κ2) is 6.29. The van der Waals surface area contributed by atoms with E-state index in [1.54, 1.807) is 32.9 Å². The summed E-state index contributed by atoms with van der Waals surface area (Å²) >= 11 is 5.96. The number of aromatic nitrogens is 1. The summed E-state index contributed by atoms with van der Waals surface area (Å²) in [6, 6.07) is 5.91. The molecule has 0 unspecified atom stereocenters. The van der Waals surface area contributed by atoms with Gasteiger partial charge in [-0.2, -0.15) is 0 Å². The summed E-state index contributed by atoms with van der Waals surface area (Å²) < 4.78 is 10.2. The van der Waals surface area contributed by atoms with Crippen molar-refractivity contribution >= 4 is 29.4 Å². The number of carboxylic acids is 1. The molecular formula is C15H15ClN2O5. The molecule has 0 radical (unpaired) electrons. The van der Waals surface area contributed by atoms with Crippen LogP contribution in [0.3, 0.4) is 0 Å². The highest BCUT2D eigenvalue weighted by molar-refractivity contribution is 6.31. The molecule has 1 aromatic heterocycles. The van der Waals surface area contributed by atoms with E-state index >= 15 is 0 Å². The van der Waals surface area contributed by atoms with Crippen LogP contribution in [0.5, 0.6) is 0 Å². The highest BCUT2D eigenvalue weighted by Crippen LogP contribution is 2.31. The van der Waals surface area contributed by atoms with Gasteiger partial charge in [-0.3, -0.25) is 5.32 Å². The predicted molar refractivity (Wildman–Crippen MR) is 83.8 cm³/mol. The zero-order valence-electron chi connectivity index (χ0n) is 12.7. The largest absolute Gasteiger partial charge is 0.476 e. The van der Waals surface area contributed by atoms with Gasteiger partial charge < -0.3 is 14.4 Å². The van der Waals surface area contributed by atoms with Crippen molar-refractivity contribution in [2.24, 2.45) is 0 Å². The SMILES string of the molecule is CC(C)(C)OC(=O)Nc1ccc(Cl)cc1-c1cc(C(=O)O)no1. The van der Waals surface area contributed by atoms with E-state index in [2.05, 4.69) is 10.5 Å². The molecule has 122 valence electrons. The molecule has 2 N–H and O–H groups in total. The molecule has 1 heterocycles. The lowest BCUT2D eigenvalue weighted by Gasteiger charge is -2.20. The Morgan fingerprint density at radius 3 is 2.57 bits per heavy atom. The van der Waals surface area contributed by atoms with Crippen molar-refractivity contribution in [3.05, 3.63) is 35.0 Å². The Bertz CT molecular complexity index is 749. The van der Waals surface area contributed by atoms with Gasteiger partial charge in [-0.1, -0.05) is 16.8 Å². The molecule has 0 aliphatic rings. The highest BCUT2D eigenvalue weighted by Gasteiger charge is 2.20. The van der Waals surface area contributed by atoms with Crippen molar-refractivity contribution in [1.29, 1.82) is 0 Å². The first-order valence-corrected chi connectivity index (χ1v) is 7.03. The molecule has 23 heavy (non-hydrogen) atoms. The number of halogens is 1.